The highest BCUT2D eigenvalue weighted by atomic mass is 28.3. The van der Waals surface area contributed by atoms with Crippen molar-refractivity contribution >= 4 is 15.0 Å². The molecule has 0 saturated heterocycles. The molecular formula is C26H38O3Si. The monoisotopic (exact) mass is 426 g/mol. The Bertz CT molecular complexity index is 879. The van der Waals surface area contributed by atoms with Gasteiger partial charge in [0.15, 0.2) is 0 Å². The van der Waals surface area contributed by atoms with Crippen LogP contribution in [0.5, 0.6) is 5.75 Å². The molecule has 4 heteroatoms. The van der Waals surface area contributed by atoms with Gasteiger partial charge in [-0.3, -0.25) is 0 Å². The maximum absolute atomic E-state index is 11.4. The van der Waals surface area contributed by atoms with Crippen LogP contribution in [0, 0.1) is 17.3 Å². The third-order valence-corrected chi connectivity index (χ3v) is 8.88. The van der Waals surface area contributed by atoms with Gasteiger partial charge >= 0.3 is 5.97 Å². The number of hydrogen-bond acceptors (Lipinski definition) is 2. The molecule has 3 aliphatic rings. The maximum atomic E-state index is 11.4. The molecule has 0 heterocycles. The van der Waals surface area contributed by atoms with E-state index in [9.17, 15) is 9.90 Å². The van der Waals surface area contributed by atoms with Crippen molar-refractivity contribution in [3.63, 3.8) is 0 Å². The third kappa shape index (κ3) is 3.66. The fourth-order valence-electron chi connectivity index (χ4n) is 6.70. The van der Waals surface area contributed by atoms with Crippen molar-refractivity contribution in [2.24, 2.45) is 17.3 Å². The molecule has 0 aliphatic heterocycles. The molecule has 3 nitrogen and oxygen atoms in total. The van der Waals surface area contributed by atoms with Gasteiger partial charge in [0.25, 0.3) is 0 Å². The Morgan fingerprint density at radius 1 is 1.20 bits per heavy atom. The molecule has 2 fully saturated rings. The number of carboxylic acids is 1. The molecule has 0 amide bonds. The van der Waals surface area contributed by atoms with E-state index in [0.717, 1.165) is 37.9 Å². The van der Waals surface area contributed by atoms with E-state index in [4.69, 9.17) is 4.43 Å². The Hall–Kier alpha value is -1.55. The van der Waals surface area contributed by atoms with Crippen LogP contribution in [0.4, 0.5) is 0 Å². The molecule has 0 spiro atoms. The van der Waals surface area contributed by atoms with Crippen molar-refractivity contribution in [2.45, 2.75) is 90.6 Å². The molecule has 0 aromatic heterocycles. The number of allylic oxidation sites excluding steroid dienone is 1. The molecular weight excluding hydrogens is 388 g/mol. The quantitative estimate of drug-likeness (QED) is 0.461. The SMILES string of the molecule is C[SiH](C)Oc1cc(C(C)(C)C)cc2c1[C@H]1CC[C@]3(C)/C(=C\C(=O)O)CC[C@H]3[C@@H]1CC2. The first-order valence-electron chi connectivity index (χ1n) is 11.8. The van der Waals surface area contributed by atoms with E-state index in [1.807, 2.05) is 0 Å². The van der Waals surface area contributed by atoms with E-state index in [-0.39, 0.29) is 10.8 Å². The van der Waals surface area contributed by atoms with Crippen molar-refractivity contribution in [3.8, 4) is 5.75 Å². The lowest BCUT2D eigenvalue weighted by molar-refractivity contribution is -0.131. The average Bonchev–Trinajstić information content (AvgIpc) is 2.96. The van der Waals surface area contributed by atoms with E-state index >= 15 is 0 Å². The van der Waals surface area contributed by atoms with E-state index in [1.165, 1.54) is 34.8 Å². The molecule has 0 unspecified atom stereocenters. The molecule has 3 aliphatic carbocycles. The van der Waals surface area contributed by atoms with E-state index in [1.54, 1.807) is 0 Å². The Morgan fingerprint density at radius 2 is 1.93 bits per heavy atom. The highest BCUT2D eigenvalue weighted by Crippen LogP contribution is 2.63. The normalized spacial score (nSPS) is 32.0. The van der Waals surface area contributed by atoms with Crippen LogP contribution in [0.1, 0.15) is 82.4 Å². The van der Waals surface area contributed by atoms with Crippen LogP contribution in [0.15, 0.2) is 23.8 Å². The van der Waals surface area contributed by atoms with Gasteiger partial charge in [0.05, 0.1) is 0 Å². The highest BCUT2D eigenvalue weighted by Gasteiger charge is 2.53. The standard InChI is InChI=1S/C26H38O3Si/c1-25(2,3)18-13-16-7-9-19-20(24(16)22(14-18)29-30(5)6)11-12-26(4)17(15-23(27)28)8-10-21(19)26/h13-15,19-21,30H,7-12H2,1-6H3,(H,27,28)/b17-15-/t19-,20+,21+,26-/m1/s1. The van der Waals surface area contributed by atoms with Gasteiger partial charge in [0.1, 0.15) is 5.75 Å². The number of rotatable bonds is 3. The molecule has 4 rings (SSSR count). The second-order valence-corrected chi connectivity index (χ2v) is 13.7. The van der Waals surface area contributed by atoms with Gasteiger partial charge in [-0.2, -0.15) is 0 Å². The summed E-state index contributed by atoms with van der Waals surface area (Å²) in [6.07, 6.45) is 8.20. The molecule has 4 atom stereocenters. The molecule has 164 valence electrons. The smallest absolute Gasteiger partial charge is 0.328 e. The summed E-state index contributed by atoms with van der Waals surface area (Å²) in [5.74, 6) is 2.19. The van der Waals surface area contributed by atoms with Gasteiger partial charge in [0, 0.05) is 6.08 Å². The Morgan fingerprint density at radius 3 is 2.57 bits per heavy atom. The second-order valence-electron chi connectivity index (χ2n) is 11.4. The predicted octanol–water partition coefficient (Wildman–Crippen LogP) is 6.21. The number of carbonyl (C=O) groups is 1. The summed E-state index contributed by atoms with van der Waals surface area (Å²) in [4.78, 5) is 11.4. The van der Waals surface area contributed by atoms with Crippen LogP contribution in [0.25, 0.3) is 0 Å². The molecule has 1 aromatic rings. The highest BCUT2D eigenvalue weighted by molar-refractivity contribution is 6.49. The summed E-state index contributed by atoms with van der Waals surface area (Å²) in [7, 11) is -1.21. The topological polar surface area (TPSA) is 46.5 Å². The molecule has 30 heavy (non-hydrogen) atoms. The zero-order chi connectivity index (χ0) is 21.8. The van der Waals surface area contributed by atoms with E-state index < -0.39 is 15.0 Å². The number of aliphatic carboxylic acids is 1. The largest absolute Gasteiger partial charge is 0.547 e. The summed E-state index contributed by atoms with van der Waals surface area (Å²) in [5.41, 5.74) is 5.76. The Labute approximate surface area is 183 Å². The van der Waals surface area contributed by atoms with Gasteiger partial charge in [-0.15, -0.1) is 0 Å². The van der Waals surface area contributed by atoms with Crippen molar-refractivity contribution in [3.05, 3.63) is 40.5 Å². The molecule has 1 N–H and O–H groups in total. The van der Waals surface area contributed by atoms with Gasteiger partial charge < -0.3 is 9.53 Å². The summed E-state index contributed by atoms with van der Waals surface area (Å²) in [6.45, 7) is 13.7. The minimum atomic E-state index is -1.21. The van der Waals surface area contributed by atoms with Gasteiger partial charge in [0.2, 0.25) is 9.04 Å². The number of carboxylic acid groups (broad SMARTS) is 1. The first-order chi connectivity index (χ1) is 14.0. The van der Waals surface area contributed by atoms with E-state index in [2.05, 4.69) is 52.9 Å². The zero-order valence-corrected chi connectivity index (χ0v) is 20.7. The first-order valence-corrected chi connectivity index (χ1v) is 14.6. The van der Waals surface area contributed by atoms with Crippen molar-refractivity contribution < 1.29 is 14.3 Å². The number of benzene rings is 1. The zero-order valence-electron chi connectivity index (χ0n) is 19.5. The minimum Gasteiger partial charge on any atom is -0.547 e. The molecule has 0 radical (unpaired) electrons. The van der Waals surface area contributed by atoms with Gasteiger partial charge in [-0.25, -0.2) is 4.79 Å². The number of aryl methyl sites for hydroxylation is 1. The molecule has 0 bridgehead atoms. The Balaban J connectivity index is 1.75. The van der Waals surface area contributed by atoms with Crippen LogP contribution in [-0.4, -0.2) is 20.1 Å². The van der Waals surface area contributed by atoms with Crippen LogP contribution in [0.2, 0.25) is 13.1 Å². The lowest BCUT2D eigenvalue weighted by Crippen LogP contribution is -2.40. The van der Waals surface area contributed by atoms with Crippen molar-refractivity contribution in [1.82, 2.24) is 0 Å². The second kappa shape index (κ2) is 7.54. The van der Waals surface area contributed by atoms with E-state index in [0.29, 0.717) is 17.8 Å². The number of fused-ring (bicyclic) bond motifs is 5. The van der Waals surface area contributed by atoms with Crippen LogP contribution in [-0.2, 0) is 16.6 Å². The van der Waals surface area contributed by atoms with Crippen molar-refractivity contribution in [1.29, 1.82) is 0 Å². The summed E-state index contributed by atoms with van der Waals surface area (Å²) < 4.78 is 6.56. The predicted molar refractivity (Wildman–Crippen MR) is 125 cm³/mol. The lowest BCUT2D eigenvalue weighted by Gasteiger charge is -2.50. The lowest BCUT2D eigenvalue weighted by atomic mass is 9.55. The summed E-state index contributed by atoms with van der Waals surface area (Å²) >= 11 is 0. The number of hydrogen-bond donors (Lipinski definition) is 1. The maximum Gasteiger partial charge on any atom is 0.328 e. The summed E-state index contributed by atoms with van der Waals surface area (Å²) in [5, 5.41) is 9.36. The van der Waals surface area contributed by atoms with Crippen molar-refractivity contribution in [2.75, 3.05) is 0 Å². The Kier molecular flexibility index (Phi) is 5.45. The fraction of sp³-hybridized carbons (Fsp3) is 0.654. The van der Waals surface area contributed by atoms with Gasteiger partial charge in [-0.1, -0.05) is 39.3 Å². The minimum absolute atomic E-state index is 0.0657. The van der Waals surface area contributed by atoms with Crippen LogP contribution in [0.3, 0.4) is 0 Å². The van der Waals surface area contributed by atoms with Gasteiger partial charge in [-0.05, 0) is 103 Å². The van der Waals surface area contributed by atoms with Crippen LogP contribution < -0.4 is 4.43 Å². The molecule has 1 aromatic carbocycles. The fourth-order valence-corrected chi connectivity index (χ4v) is 7.40. The average molecular weight is 427 g/mol. The third-order valence-electron chi connectivity index (χ3n) is 8.16. The molecule has 2 saturated carbocycles. The first kappa shape index (κ1) is 21.7. The van der Waals surface area contributed by atoms with Crippen LogP contribution >= 0.6 is 0 Å². The summed E-state index contributed by atoms with van der Waals surface area (Å²) in [6, 6.07) is 4.80.